The zero-order chi connectivity index (χ0) is 15.5. The van der Waals surface area contributed by atoms with Gasteiger partial charge in [0.25, 0.3) is 5.56 Å². The van der Waals surface area contributed by atoms with E-state index >= 15 is 0 Å². The van der Waals surface area contributed by atoms with Gasteiger partial charge in [0.15, 0.2) is 0 Å². The molecule has 2 aliphatic rings. The Bertz CT molecular complexity index is 564. The quantitative estimate of drug-likeness (QED) is 0.907. The Balaban J connectivity index is 1.95. The second-order valence-corrected chi connectivity index (χ2v) is 6.95. The van der Waals surface area contributed by atoms with E-state index in [9.17, 15) is 4.79 Å². The van der Waals surface area contributed by atoms with Crippen LogP contribution in [0, 0.1) is 6.92 Å². The molecule has 2 N–H and O–H groups in total. The van der Waals surface area contributed by atoms with Crippen LogP contribution >= 0.6 is 0 Å². The summed E-state index contributed by atoms with van der Waals surface area (Å²) in [5.74, 6) is 0. The minimum Gasteiger partial charge on any atom is -0.393 e. The van der Waals surface area contributed by atoms with Crippen LogP contribution in [0.5, 0.6) is 0 Å². The molecular formula is C18H29N3O. The van der Waals surface area contributed by atoms with Gasteiger partial charge in [-0.05, 0) is 38.7 Å². The number of nitrogens with two attached hydrogens (primary N) is 1. The number of pyridine rings is 1. The fraction of sp³-hybridized carbons (Fsp3) is 0.722. The van der Waals surface area contributed by atoms with Gasteiger partial charge in [0.1, 0.15) is 5.69 Å². The normalized spacial score (nSPS) is 20.9. The number of aromatic nitrogens is 1. The predicted molar refractivity (Wildman–Crippen MR) is 92.7 cm³/mol. The molecule has 1 aromatic rings. The zero-order valence-corrected chi connectivity index (χ0v) is 13.8. The van der Waals surface area contributed by atoms with E-state index in [2.05, 4.69) is 17.9 Å². The Morgan fingerprint density at radius 1 is 1.00 bits per heavy atom. The Morgan fingerprint density at radius 3 is 2.23 bits per heavy atom. The Kier molecular flexibility index (Phi) is 4.74. The van der Waals surface area contributed by atoms with Crippen molar-refractivity contribution in [1.29, 1.82) is 0 Å². The van der Waals surface area contributed by atoms with Crippen LogP contribution in [0.15, 0.2) is 10.9 Å². The number of nitrogen functional groups attached to an aromatic ring is 1. The molecule has 0 amide bonds. The smallest absolute Gasteiger partial charge is 0.276 e. The van der Waals surface area contributed by atoms with Gasteiger partial charge in [-0.3, -0.25) is 4.79 Å². The van der Waals surface area contributed by atoms with E-state index in [1.807, 2.05) is 4.57 Å². The molecule has 1 aliphatic carbocycles. The molecule has 2 heterocycles. The number of anilines is 2. The largest absolute Gasteiger partial charge is 0.393 e. The lowest BCUT2D eigenvalue weighted by Gasteiger charge is -2.29. The molecule has 1 aromatic heterocycles. The van der Waals surface area contributed by atoms with E-state index in [0.717, 1.165) is 37.3 Å². The van der Waals surface area contributed by atoms with Gasteiger partial charge in [-0.1, -0.05) is 32.1 Å². The Labute approximate surface area is 133 Å². The van der Waals surface area contributed by atoms with Crippen molar-refractivity contribution in [2.75, 3.05) is 23.7 Å². The van der Waals surface area contributed by atoms with E-state index < -0.39 is 0 Å². The van der Waals surface area contributed by atoms with Crippen molar-refractivity contribution in [3.63, 3.8) is 0 Å². The SMILES string of the molecule is Cc1cc(N2CCCCCC2)c(N)c(=O)n1C1CCCCC1. The molecule has 2 fully saturated rings. The highest BCUT2D eigenvalue weighted by atomic mass is 16.1. The first-order valence-electron chi connectivity index (χ1n) is 8.95. The van der Waals surface area contributed by atoms with Gasteiger partial charge in [0, 0.05) is 24.8 Å². The molecule has 0 atom stereocenters. The highest BCUT2D eigenvalue weighted by molar-refractivity contribution is 5.67. The molecule has 122 valence electrons. The summed E-state index contributed by atoms with van der Waals surface area (Å²) < 4.78 is 1.97. The molecule has 0 radical (unpaired) electrons. The molecule has 22 heavy (non-hydrogen) atoms. The van der Waals surface area contributed by atoms with E-state index in [4.69, 9.17) is 5.73 Å². The average molecular weight is 303 g/mol. The lowest BCUT2D eigenvalue weighted by molar-refractivity contribution is 0.342. The number of hydrogen-bond acceptors (Lipinski definition) is 3. The van der Waals surface area contributed by atoms with Crippen LogP contribution in [0.2, 0.25) is 0 Å². The van der Waals surface area contributed by atoms with Crippen molar-refractivity contribution >= 4 is 11.4 Å². The van der Waals surface area contributed by atoms with Crippen molar-refractivity contribution < 1.29 is 0 Å². The van der Waals surface area contributed by atoms with Gasteiger partial charge < -0.3 is 15.2 Å². The molecule has 0 aromatic carbocycles. The maximum Gasteiger partial charge on any atom is 0.276 e. The molecule has 1 saturated heterocycles. The first kappa shape index (κ1) is 15.4. The number of nitrogens with zero attached hydrogens (tertiary/aromatic N) is 2. The van der Waals surface area contributed by atoms with Gasteiger partial charge >= 0.3 is 0 Å². The lowest BCUT2D eigenvalue weighted by atomic mass is 9.94. The van der Waals surface area contributed by atoms with Crippen molar-refractivity contribution in [3.05, 3.63) is 22.1 Å². The molecule has 1 saturated carbocycles. The molecule has 1 aliphatic heterocycles. The molecule has 0 unspecified atom stereocenters. The zero-order valence-electron chi connectivity index (χ0n) is 13.8. The third-order valence-corrected chi connectivity index (χ3v) is 5.34. The van der Waals surface area contributed by atoms with Gasteiger partial charge in [-0.15, -0.1) is 0 Å². The van der Waals surface area contributed by atoms with E-state index in [1.165, 1.54) is 44.9 Å². The van der Waals surface area contributed by atoms with E-state index in [-0.39, 0.29) is 5.56 Å². The van der Waals surface area contributed by atoms with Crippen LogP contribution in [0.4, 0.5) is 11.4 Å². The van der Waals surface area contributed by atoms with E-state index in [0.29, 0.717) is 11.7 Å². The second-order valence-electron chi connectivity index (χ2n) is 6.95. The first-order chi connectivity index (χ1) is 10.7. The minimum absolute atomic E-state index is 0.0335. The van der Waals surface area contributed by atoms with Crippen LogP contribution in [0.25, 0.3) is 0 Å². The highest BCUT2D eigenvalue weighted by Crippen LogP contribution is 2.31. The number of aryl methyl sites for hydroxylation is 1. The van der Waals surface area contributed by atoms with Gasteiger partial charge in [-0.25, -0.2) is 0 Å². The lowest BCUT2D eigenvalue weighted by Crippen LogP contribution is -2.33. The van der Waals surface area contributed by atoms with Crippen LogP contribution in [-0.2, 0) is 0 Å². The van der Waals surface area contributed by atoms with Crippen LogP contribution < -0.4 is 16.2 Å². The fourth-order valence-electron chi connectivity index (χ4n) is 4.11. The Morgan fingerprint density at radius 2 is 1.59 bits per heavy atom. The van der Waals surface area contributed by atoms with Crippen LogP contribution in [-0.4, -0.2) is 17.7 Å². The highest BCUT2D eigenvalue weighted by Gasteiger charge is 2.22. The fourth-order valence-corrected chi connectivity index (χ4v) is 4.11. The summed E-state index contributed by atoms with van der Waals surface area (Å²) >= 11 is 0. The summed E-state index contributed by atoms with van der Waals surface area (Å²) in [7, 11) is 0. The van der Waals surface area contributed by atoms with E-state index in [1.54, 1.807) is 0 Å². The number of rotatable bonds is 2. The maximum absolute atomic E-state index is 12.8. The third-order valence-electron chi connectivity index (χ3n) is 5.34. The van der Waals surface area contributed by atoms with Crippen molar-refractivity contribution in [2.24, 2.45) is 0 Å². The Hall–Kier alpha value is -1.45. The molecular weight excluding hydrogens is 274 g/mol. The van der Waals surface area contributed by atoms with Crippen molar-refractivity contribution in [2.45, 2.75) is 70.8 Å². The van der Waals surface area contributed by atoms with Gasteiger partial charge in [0.05, 0.1) is 5.69 Å². The minimum atomic E-state index is 0.0335. The third kappa shape index (κ3) is 3.01. The maximum atomic E-state index is 12.8. The topological polar surface area (TPSA) is 51.3 Å². The molecule has 0 spiro atoms. The molecule has 4 heteroatoms. The molecule has 3 rings (SSSR count). The summed E-state index contributed by atoms with van der Waals surface area (Å²) in [5, 5.41) is 0. The molecule has 0 bridgehead atoms. The molecule has 4 nitrogen and oxygen atoms in total. The summed E-state index contributed by atoms with van der Waals surface area (Å²) in [4.78, 5) is 15.2. The van der Waals surface area contributed by atoms with Crippen molar-refractivity contribution in [3.8, 4) is 0 Å². The average Bonchev–Trinajstić information content (AvgIpc) is 2.81. The summed E-state index contributed by atoms with van der Waals surface area (Å²) in [6.45, 7) is 4.11. The van der Waals surface area contributed by atoms with Gasteiger partial charge in [-0.2, -0.15) is 0 Å². The summed E-state index contributed by atoms with van der Waals surface area (Å²) in [5.41, 5.74) is 8.80. The number of hydrogen-bond donors (Lipinski definition) is 1. The van der Waals surface area contributed by atoms with Gasteiger partial charge in [0.2, 0.25) is 0 Å². The van der Waals surface area contributed by atoms with Crippen LogP contribution in [0.3, 0.4) is 0 Å². The van der Waals surface area contributed by atoms with Crippen molar-refractivity contribution in [1.82, 2.24) is 4.57 Å². The second kappa shape index (κ2) is 6.76. The summed E-state index contributed by atoms with van der Waals surface area (Å²) in [6, 6.07) is 2.50. The predicted octanol–water partition coefficient (Wildman–Crippen LogP) is 3.62. The first-order valence-corrected chi connectivity index (χ1v) is 8.95. The van der Waals surface area contributed by atoms with Crippen LogP contribution in [0.1, 0.15) is 69.5 Å². The standard InChI is InChI=1S/C18H29N3O/c1-14-13-16(20-11-7-2-3-8-12-20)17(19)18(22)21(14)15-9-5-4-6-10-15/h13,15H,2-12,19H2,1H3. The monoisotopic (exact) mass is 303 g/mol. The summed E-state index contributed by atoms with van der Waals surface area (Å²) in [6.07, 6.45) is 10.9.